The van der Waals surface area contributed by atoms with Gasteiger partial charge in [-0.1, -0.05) is 20.8 Å². The summed E-state index contributed by atoms with van der Waals surface area (Å²) in [5.74, 6) is 0.708. The minimum atomic E-state index is 0.401. The highest BCUT2D eigenvalue weighted by Crippen LogP contribution is 2.26. The van der Waals surface area contributed by atoms with Crippen LogP contribution in [0.25, 0.3) is 0 Å². The lowest BCUT2D eigenvalue weighted by atomic mass is 9.84. The van der Waals surface area contributed by atoms with Gasteiger partial charge in [-0.15, -0.1) is 0 Å². The highest BCUT2D eigenvalue weighted by molar-refractivity contribution is 4.79. The maximum Gasteiger partial charge on any atom is 0.0724 e. The average molecular weight is 256 g/mol. The van der Waals surface area contributed by atoms with E-state index in [2.05, 4.69) is 25.7 Å². The van der Waals surface area contributed by atoms with Crippen LogP contribution in [0.5, 0.6) is 0 Å². The molecule has 0 amide bonds. The first-order valence-electron chi connectivity index (χ1n) is 7.44. The van der Waals surface area contributed by atoms with E-state index in [1.54, 1.807) is 0 Å². The van der Waals surface area contributed by atoms with Crippen molar-refractivity contribution in [1.29, 1.82) is 0 Å². The van der Waals surface area contributed by atoms with Crippen LogP contribution in [0.2, 0.25) is 0 Å². The van der Waals surface area contributed by atoms with Gasteiger partial charge in [0.05, 0.1) is 6.10 Å². The van der Waals surface area contributed by atoms with Gasteiger partial charge in [0.1, 0.15) is 0 Å². The lowest BCUT2D eigenvalue weighted by Crippen LogP contribution is -2.44. The zero-order chi connectivity index (χ0) is 13.6. The summed E-state index contributed by atoms with van der Waals surface area (Å²) in [6, 6.07) is 0. The van der Waals surface area contributed by atoms with E-state index in [0.29, 0.717) is 17.4 Å². The van der Waals surface area contributed by atoms with Crippen LogP contribution in [-0.2, 0) is 4.74 Å². The fourth-order valence-corrected chi connectivity index (χ4v) is 2.90. The number of likely N-dealkylation sites (tertiary alicyclic amines) is 1. The molecule has 0 spiro atoms. The van der Waals surface area contributed by atoms with Crippen molar-refractivity contribution >= 4 is 0 Å². The van der Waals surface area contributed by atoms with Crippen molar-refractivity contribution in [3.63, 3.8) is 0 Å². The van der Waals surface area contributed by atoms with Crippen LogP contribution >= 0.6 is 0 Å². The highest BCUT2D eigenvalue weighted by Gasteiger charge is 2.26. The lowest BCUT2D eigenvalue weighted by Gasteiger charge is -2.36. The second-order valence-corrected chi connectivity index (χ2v) is 6.65. The number of methoxy groups -OCH3 is 1. The minimum absolute atomic E-state index is 0.401. The Balaban J connectivity index is 2.23. The summed E-state index contributed by atoms with van der Waals surface area (Å²) in [5, 5.41) is 0. The van der Waals surface area contributed by atoms with Gasteiger partial charge in [0.15, 0.2) is 0 Å². The SMILES string of the molecule is COC1CN(CCCC(C)(C)CCN)CCC1C. The van der Waals surface area contributed by atoms with Gasteiger partial charge < -0.3 is 15.4 Å². The van der Waals surface area contributed by atoms with Crippen LogP contribution < -0.4 is 5.73 Å². The topological polar surface area (TPSA) is 38.5 Å². The Labute approximate surface area is 113 Å². The van der Waals surface area contributed by atoms with Crippen LogP contribution in [0, 0.1) is 11.3 Å². The van der Waals surface area contributed by atoms with Crippen molar-refractivity contribution < 1.29 is 4.74 Å². The third-order valence-electron chi connectivity index (χ3n) is 4.43. The zero-order valence-electron chi connectivity index (χ0n) is 12.7. The largest absolute Gasteiger partial charge is 0.380 e. The van der Waals surface area contributed by atoms with Gasteiger partial charge >= 0.3 is 0 Å². The summed E-state index contributed by atoms with van der Waals surface area (Å²) in [5.41, 5.74) is 6.05. The Morgan fingerprint density at radius 3 is 2.67 bits per heavy atom. The first-order valence-corrected chi connectivity index (χ1v) is 7.44. The molecular weight excluding hydrogens is 224 g/mol. The maximum atomic E-state index is 5.65. The number of nitrogens with zero attached hydrogens (tertiary/aromatic N) is 1. The van der Waals surface area contributed by atoms with Gasteiger partial charge in [-0.3, -0.25) is 0 Å². The summed E-state index contributed by atoms with van der Waals surface area (Å²) >= 11 is 0. The molecule has 0 aromatic rings. The zero-order valence-corrected chi connectivity index (χ0v) is 12.7. The number of nitrogens with two attached hydrogens (primary N) is 1. The molecule has 0 aromatic heterocycles. The molecule has 1 heterocycles. The standard InChI is InChI=1S/C15H32N2O/c1-13-6-11-17(12-14(13)18-4)10-5-7-15(2,3)8-9-16/h13-14H,5-12,16H2,1-4H3. The molecule has 0 aromatic carbocycles. The molecule has 1 rings (SSSR count). The van der Waals surface area contributed by atoms with Crippen molar-refractivity contribution in [2.45, 2.75) is 52.6 Å². The van der Waals surface area contributed by atoms with Gasteiger partial charge in [0.25, 0.3) is 0 Å². The average Bonchev–Trinajstić information content (AvgIpc) is 2.31. The van der Waals surface area contributed by atoms with Crippen LogP contribution in [0.4, 0.5) is 0 Å². The van der Waals surface area contributed by atoms with E-state index in [9.17, 15) is 0 Å². The summed E-state index contributed by atoms with van der Waals surface area (Å²) in [6.07, 6.45) is 5.37. The molecule has 3 heteroatoms. The molecule has 0 radical (unpaired) electrons. The van der Waals surface area contributed by atoms with Crippen molar-refractivity contribution in [2.75, 3.05) is 33.3 Å². The van der Waals surface area contributed by atoms with Crippen molar-refractivity contribution in [2.24, 2.45) is 17.1 Å². The molecule has 2 N–H and O–H groups in total. The van der Waals surface area contributed by atoms with E-state index >= 15 is 0 Å². The summed E-state index contributed by atoms with van der Waals surface area (Å²) in [4.78, 5) is 2.56. The quantitative estimate of drug-likeness (QED) is 0.760. The number of ether oxygens (including phenoxy) is 1. The van der Waals surface area contributed by atoms with Crippen LogP contribution in [0.1, 0.15) is 46.5 Å². The third kappa shape index (κ3) is 5.25. The Bertz CT molecular complexity index is 231. The number of hydrogen-bond donors (Lipinski definition) is 1. The minimum Gasteiger partial charge on any atom is -0.380 e. The van der Waals surface area contributed by atoms with E-state index in [1.165, 1.54) is 32.4 Å². The molecule has 3 nitrogen and oxygen atoms in total. The first-order chi connectivity index (χ1) is 8.48. The molecule has 1 saturated heterocycles. The Hall–Kier alpha value is -0.120. The van der Waals surface area contributed by atoms with E-state index in [4.69, 9.17) is 10.5 Å². The first kappa shape index (κ1) is 15.9. The van der Waals surface area contributed by atoms with E-state index < -0.39 is 0 Å². The molecule has 2 atom stereocenters. The van der Waals surface area contributed by atoms with E-state index in [-0.39, 0.29) is 0 Å². The normalized spacial score (nSPS) is 26.5. The van der Waals surface area contributed by atoms with Crippen molar-refractivity contribution in [3.05, 3.63) is 0 Å². The Kier molecular flexibility index (Phi) is 6.61. The van der Waals surface area contributed by atoms with E-state index in [1.807, 2.05) is 7.11 Å². The van der Waals surface area contributed by atoms with Gasteiger partial charge in [-0.2, -0.15) is 0 Å². The van der Waals surface area contributed by atoms with E-state index in [0.717, 1.165) is 19.5 Å². The molecular formula is C15H32N2O. The predicted octanol–water partition coefficient (Wildman–Crippen LogP) is 2.50. The third-order valence-corrected chi connectivity index (χ3v) is 4.43. The van der Waals surface area contributed by atoms with Crippen LogP contribution in [0.15, 0.2) is 0 Å². The van der Waals surface area contributed by atoms with Crippen LogP contribution in [0.3, 0.4) is 0 Å². The summed E-state index contributed by atoms with van der Waals surface area (Å²) in [7, 11) is 1.84. The second-order valence-electron chi connectivity index (χ2n) is 6.65. The fourth-order valence-electron chi connectivity index (χ4n) is 2.90. The molecule has 108 valence electrons. The number of rotatable bonds is 7. The summed E-state index contributed by atoms with van der Waals surface area (Å²) < 4.78 is 5.56. The number of piperidine rings is 1. The van der Waals surface area contributed by atoms with Gasteiger partial charge in [0, 0.05) is 13.7 Å². The van der Waals surface area contributed by atoms with Gasteiger partial charge in [-0.25, -0.2) is 0 Å². The molecule has 18 heavy (non-hydrogen) atoms. The molecule has 1 aliphatic heterocycles. The lowest BCUT2D eigenvalue weighted by molar-refractivity contribution is -0.00590. The predicted molar refractivity (Wildman–Crippen MR) is 77.7 cm³/mol. The monoisotopic (exact) mass is 256 g/mol. The molecule has 0 bridgehead atoms. The fraction of sp³-hybridized carbons (Fsp3) is 1.00. The Morgan fingerprint density at radius 1 is 1.33 bits per heavy atom. The maximum absolute atomic E-state index is 5.65. The molecule has 1 aliphatic rings. The van der Waals surface area contributed by atoms with Crippen LogP contribution in [-0.4, -0.2) is 44.3 Å². The highest BCUT2D eigenvalue weighted by atomic mass is 16.5. The van der Waals surface area contributed by atoms with Gasteiger partial charge in [0.2, 0.25) is 0 Å². The van der Waals surface area contributed by atoms with Crippen molar-refractivity contribution in [3.8, 4) is 0 Å². The second kappa shape index (κ2) is 7.46. The molecule has 0 aliphatic carbocycles. The van der Waals surface area contributed by atoms with Crippen molar-refractivity contribution in [1.82, 2.24) is 4.90 Å². The summed E-state index contributed by atoms with van der Waals surface area (Å²) in [6.45, 7) is 11.3. The van der Waals surface area contributed by atoms with Gasteiger partial charge in [-0.05, 0) is 56.7 Å². The molecule has 2 unspecified atom stereocenters. The smallest absolute Gasteiger partial charge is 0.0724 e. The molecule has 1 fully saturated rings. The number of hydrogen-bond acceptors (Lipinski definition) is 3. The molecule has 0 saturated carbocycles. The Morgan fingerprint density at radius 2 is 2.06 bits per heavy atom.